The van der Waals surface area contributed by atoms with Gasteiger partial charge in [0, 0.05) is 18.7 Å². The molecule has 0 aliphatic heterocycles. The summed E-state index contributed by atoms with van der Waals surface area (Å²) in [5, 5.41) is 0. The third-order valence-corrected chi connectivity index (χ3v) is 3.78. The second kappa shape index (κ2) is 9.56. The molecular weight excluding hydrogens is 337 g/mol. The van der Waals surface area contributed by atoms with Crippen molar-refractivity contribution < 1.29 is 23.5 Å². The summed E-state index contributed by atoms with van der Waals surface area (Å²) in [6.07, 6.45) is 0.0745. The molecule has 0 heterocycles. The molecule has 0 saturated heterocycles. The summed E-state index contributed by atoms with van der Waals surface area (Å²) in [6.45, 7) is 2.49. The highest BCUT2D eigenvalue weighted by Crippen LogP contribution is 2.16. The number of rotatable bonds is 8. The lowest BCUT2D eigenvalue weighted by Gasteiger charge is -2.23. The van der Waals surface area contributed by atoms with Gasteiger partial charge in [0.05, 0.1) is 20.1 Å². The van der Waals surface area contributed by atoms with E-state index in [1.54, 1.807) is 32.2 Å². The lowest BCUT2D eigenvalue weighted by molar-refractivity contribution is -0.143. The first-order chi connectivity index (χ1) is 12.5. The predicted octanol–water partition coefficient (Wildman–Crippen LogP) is 3.43. The molecule has 0 fully saturated rings. The Kier molecular flexibility index (Phi) is 7.14. The maximum absolute atomic E-state index is 13.5. The molecule has 0 spiro atoms. The Hall–Kier alpha value is -2.89. The summed E-state index contributed by atoms with van der Waals surface area (Å²) in [6, 6.07) is 12.8. The Morgan fingerprint density at radius 3 is 2.46 bits per heavy atom. The number of benzene rings is 2. The Balaban J connectivity index is 2.16. The van der Waals surface area contributed by atoms with Crippen LogP contribution in [0, 0.1) is 5.82 Å². The molecule has 0 aromatic heterocycles. The smallest absolute Gasteiger partial charge is 0.307 e. The lowest BCUT2D eigenvalue weighted by Crippen LogP contribution is -2.33. The van der Waals surface area contributed by atoms with E-state index in [1.165, 1.54) is 23.1 Å². The van der Waals surface area contributed by atoms with Crippen LogP contribution < -0.4 is 4.74 Å². The normalized spacial score (nSPS) is 10.3. The van der Waals surface area contributed by atoms with Gasteiger partial charge in [0.25, 0.3) is 5.91 Å². The number of carbonyl (C=O) groups excluding carboxylic acids is 2. The monoisotopic (exact) mass is 359 g/mol. The van der Waals surface area contributed by atoms with Crippen LogP contribution in [0.5, 0.6) is 5.75 Å². The lowest BCUT2D eigenvalue weighted by atomic mass is 10.1. The minimum absolute atomic E-state index is 0.0745. The van der Waals surface area contributed by atoms with Crippen LogP contribution in [0.3, 0.4) is 0 Å². The molecule has 0 saturated carbocycles. The molecule has 0 radical (unpaired) electrons. The van der Waals surface area contributed by atoms with Crippen molar-refractivity contribution in [3.63, 3.8) is 0 Å². The third kappa shape index (κ3) is 5.58. The number of hydrogen-bond acceptors (Lipinski definition) is 4. The van der Waals surface area contributed by atoms with E-state index >= 15 is 0 Å². The van der Waals surface area contributed by atoms with Gasteiger partial charge in [-0.05, 0) is 42.8 Å². The fourth-order valence-corrected chi connectivity index (χ4v) is 2.47. The van der Waals surface area contributed by atoms with E-state index in [-0.39, 0.29) is 37.0 Å². The highest BCUT2D eigenvalue weighted by molar-refractivity contribution is 5.94. The van der Waals surface area contributed by atoms with Crippen molar-refractivity contribution in [2.24, 2.45) is 0 Å². The minimum Gasteiger partial charge on any atom is -0.497 e. The predicted molar refractivity (Wildman–Crippen MR) is 95.4 cm³/mol. The summed E-state index contributed by atoms with van der Waals surface area (Å²) in [4.78, 5) is 25.9. The standard InChI is InChI=1S/C20H22FNO4/c1-3-26-19(23)11-12-22(14-15-7-9-18(25-2)10-8-15)20(24)16-5-4-6-17(21)13-16/h4-10,13H,3,11-12,14H2,1-2H3. The summed E-state index contributed by atoms with van der Waals surface area (Å²) in [5.41, 5.74) is 1.11. The van der Waals surface area contributed by atoms with E-state index in [0.29, 0.717) is 12.3 Å². The fraction of sp³-hybridized carbons (Fsp3) is 0.300. The average Bonchev–Trinajstić information content (AvgIpc) is 2.65. The molecule has 2 aromatic rings. The van der Waals surface area contributed by atoms with Crippen molar-refractivity contribution in [1.82, 2.24) is 4.90 Å². The fourth-order valence-electron chi connectivity index (χ4n) is 2.47. The Labute approximate surface area is 152 Å². The quantitative estimate of drug-likeness (QED) is 0.678. The number of methoxy groups -OCH3 is 1. The number of halogens is 1. The van der Waals surface area contributed by atoms with Gasteiger partial charge in [-0.2, -0.15) is 0 Å². The molecule has 0 aliphatic carbocycles. The second-order valence-corrected chi connectivity index (χ2v) is 5.64. The number of hydrogen-bond donors (Lipinski definition) is 0. The van der Waals surface area contributed by atoms with E-state index in [2.05, 4.69) is 0 Å². The van der Waals surface area contributed by atoms with Crippen molar-refractivity contribution in [2.45, 2.75) is 19.9 Å². The number of carbonyl (C=O) groups is 2. The summed E-state index contributed by atoms with van der Waals surface area (Å²) < 4.78 is 23.5. The Morgan fingerprint density at radius 2 is 1.85 bits per heavy atom. The van der Waals surface area contributed by atoms with Gasteiger partial charge in [0.1, 0.15) is 11.6 Å². The highest BCUT2D eigenvalue weighted by Gasteiger charge is 2.18. The molecule has 0 bridgehead atoms. The van der Waals surface area contributed by atoms with E-state index in [9.17, 15) is 14.0 Å². The zero-order valence-electron chi connectivity index (χ0n) is 14.9. The van der Waals surface area contributed by atoms with Gasteiger partial charge in [-0.1, -0.05) is 18.2 Å². The molecule has 2 aromatic carbocycles. The number of amides is 1. The Morgan fingerprint density at radius 1 is 1.12 bits per heavy atom. The summed E-state index contributed by atoms with van der Waals surface area (Å²) >= 11 is 0. The van der Waals surface area contributed by atoms with Gasteiger partial charge >= 0.3 is 5.97 Å². The maximum Gasteiger partial charge on any atom is 0.307 e. The van der Waals surface area contributed by atoms with E-state index < -0.39 is 5.82 Å². The van der Waals surface area contributed by atoms with Crippen LogP contribution >= 0.6 is 0 Å². The van der Waals surface area contributed by atoms with Crippen LogP contribution in [0.15, 0.2) is 48.5 Å². The van der Waals surface area contributed by atoms with Gasteiger partial charge in [0.15, 0.2) is 0 Å². The first-order valence-electron chi connectivity index (χ1n) is 8.37. The van der Waals surface area contributed by atoms with Crippen LogP contribution in [0.2, 0.25) is 0 Å². The van der Waals surface area contributed by atoms with E-state index in [0.717, 1.165) is 5.56 Å². The molecule has 6 heteroatoms. The number of ether oxygens (including phenoxy) is 2. The third-order valence-electron chi connectivity index (χ3n) is 3.78. The first-order valence-corrected chi connectivity index (χ1v) is 8.37. The van der Waals surface area contributed by atoms with Crippen LogP contribution in [-0.2, 0) is 16.1 Å². The topological polar surface area (TPSA) is 55.8 Å². The number of nitrogens with zero attached hydrogens (tertiary/aromatic N) is 1. The first kappa shape index (κ1) is 19.4. The van der Waals surface area contributed by atoms with Gasteiger partial charge in [-0.3, -0.25) is 9.59 Å². The molecular formula is C20H22FNO4. The zero-order chi connectivity index (χ0) is 18.9. The second-order valence-electron chi connectivity index (χ2n) is 5.64. The Bertz CT molecular complexity index is 746. The van der Waals surface area contributed by atoms with Crippen LogP contribution in [-0.4, -0.2) is 37.0 Å². The largest absolute Gasteiger partial charge is 0.497 e. The molecule has 1 amide bonds. The van der Waals surface area contributed by atoms with Crippen molar-refractivity contribution in [2.75, 3.05) is 20.3 Å². The SMILES string of the molecule is CCOC(=O)CCN(Cc1ccc(OC)cc1)C(=O)c1cccc(F)c1. The molecule has 5 nitrogen and oxygen atoms in total. The van der Waals surface area contributed by atoms with Gasteiger partial charge < -0.3 is 14.4 Å². The van der Waals surface area contributed by atoms with Gasteiger partial charge in [0.2, 0.25) is 0 Å². The maximum atomic E-state index is 13.5. The van der Waals surface area contributed by atoms with Crippen molar-refractivity contribution in [3.8, 4) is 5.75 Å². The number of esters is 1. The van der Waals surface area contributed by atoms with Gasteiger partial charge in [-0.15, -0.1) is 0 Å². The van der Waals surface area contributed by atoms with Crippen LogP contribution in [0.25, 0.3) is 0 Å². The molecule has 26 heavy (non-hydrogen) atoms. The molecule has 138 valence electrons. The summed E-state index contributed by atoms with van der Waals surface area (Å²) in [7, 11) is 1.58. The molecule has 0 aliphatic rings. The van der Waals surface area contributed by atoms with E-state index in [4.69, 9.17) is 9.47 Å². The molecule has 2 rings (SSSR count). The average molecular weight is 359 g/mol. The van der Waals surface area contributed by atoms with E-state index in [1.807, 2.05) is 12.1 Å². The molecule has 0 unspecified atom stereocenters. The van der Waals surface area contributed by atoms with Crippen LogP contribution in [0.1, 0.15) is 29.3 Å². The minimum atomic E-state index is -0.481. The summed E-state index contributed by atoms with van der Waals surface area (Å²) in [5.74, 6) is -0.488. The molecule has 0 atom stereocenters. The molecule has 0 N–H and O–H groups in total. The van der Waals surface area contributed by atoms with Crippen molar-refractivity contribution in [1.29, 1.82) is 0 Å². The highest BCUT2D eigenvalue weighted by atomic mass is 19.1. The zero-order valence-corrected chi connectivity index (χ0v) is 14.9. The van der Waals surface area contributed by atoms with Gasteiger partial charge in [-0.25, -0.2) is 4.39 Å². The van der Waals surface area contributed by atoms with Crippen molar-refractivity contribution >= 4 is 11.9 Å². The van der Waals surface area contributed by atoms with Crippen LogP contribution in [0.4, 0.5) is 4.39 Å². The van der Waals surface area contributed by atoms with Crippen molar-refractivity contribution in [3.05, 3.63) is 65.5 Å².